The van der Waals surface area contributed by atoms with E-state index in [0.717, 1.165) is 0 Å². The highest BCUT2D eigenvalue weighted by Crippen LogP contribution is 2.20. The van der Waals surface area contributed by atoms with Crippen molar-refractivity contribution in [3.63, 3.8) is 0 Å². The zero-order chi connectivity index (χ0) is 12.4. The van der Waals surface area contributed by atoms with E-state index in [9.17, 15) is 13.5 Å². The number of halogens is 1. The van der Waals surface area contributed by atoms with E-state index in [4.69, 9.17) is 11.6 Å². The molecule has 6 heteroatoms. The van der Waals surface area contributed by atoms with Crippen molar-refractivity contribution in [2.75, 3.05) is 6.54 Å². The van der Waals surface area contributed by atoms with Crippen LogP contribution in [0.25, 0.3) is 0 Å². The molecule has 0 aliphatic carbocycles. The summed E-state index contributed by atoms with van der Waals surface area (Å²) in [4.78, 5) is 0.0147. The molecule has 16 heavy (non-hydrogen) atoms. The Labute approximate surface area is 100 Å². The Morgan fingerprint density at radius 1 is 1.38 bits per heavy atom. The van der Waals surface area contributed by atoms with Crippen LogP contribution in [-0.2, 0) is 10.0 Å². The van der Waals surface area contributed by atoms with Gasteiger partial charge in [0, 0.05) is 6.54 Å². The number of rotatable bonds is 4. The Morgan fingerprint density at radius 2 is 1.94 bits per heavy atom. The molecule has 0 aliphatic rings. The summed E-state index contributed by atoms with van der Waals surface area (Å²) >= 11 is 5.78. The van der Waals surface area contributed by atoms with Gasteiger partial charge in [-0.1, -0.05) is 23.7 Å². The van der Waals surface area contributed by atoms with Crippen LogP contribution < -0.4 is 4.72 Å². The highest BCUT2D eigenvalue weighted by Gasteiger charge is 2.21. The van der Waals surface area contributed by atoms with E-state index in [1.807, 2.05) is 0 Å². The van der Waals surface area contributed by atoms with Gasteiger partial charge in [-0.15, -0.1) is 0 Å². The lowest BCUT2D eigenvalue weighted by Crippen LogP contribution is -2.38. The molecule has 0 atom stereocenters. The molecule has 1 aromatic carbocycles. The van der Waals surface area contributed by atoms with Gasteiger partial charge in [-0.2, -0.15) is 0 Å². The summed E-state index contributed by atoms with van der Waals surface area (Å²) in [6.07, 6.45) is 0. The zero-order valence-corrected chi connectivity index (χ0v) is 10.6. The first-order valence-electron chi connectivity index (χ1n) is 4.69. The quantitative estimate of drug-likeness (QED) is 0.863. The maximum absolute atomic E-state index is 11.8. The van der Waals surface area contributed by atoms with Crippen LogP contribution in [0.5, 0.6) is 0 Å². The van der Waals surface area contributed by atoms with Gasteiger partial charge in [0.1, 0.15) is 4.90 Å². The van der Waals surface area contributed by atoms with Gasteiger partial charge < -0.3 is 5.11 Å². The number of benzene rings is 1. The largest absolute Gasteiger partial charge is 0.389 e. The minimum Gasteiger partial charge on any atom is -0.389 e. The van der Waals surface area contributed by atoms with Gasteiger partial charge in [-0.3, -0.25) is 0 Å². The Kier molecular flexibility index (Phi) is 3.96. The van der Waals surface area contributed by atoms with Crippen LogP contribution in [-0.4, -0.2) is 25.7 Å². The van der Waals surface area contributed by atoms with Crippen LogP contribution in [0.1, 0.15) is 13.8 Å². The van der Waals surface area contributed by atoms with E-state index in [1.165, 1.54) is 26.0 Å². The first-order chi connectivity index (χ1) is 7.22. The molecule has 0 fully saturated rings. The van der Waals surface area contributed by atoms with Gasteiger partial charge in [0.2, 0.25) is 10.0 Å². The van der Waals surface area contributed by atoms with Gasteiger partial charge >= 0.3 is 0 Å². The van der Waals surface area contributed by atoms with Crippen molar-refractivity contribution >= 4 is 21.6 Å². The van der Waals surface area contributed by atoms with Crippen molar-refractivity contribution in [2.45, 2.75) is 24.3 Å². The fourth-order valence-electron chi connectivity index (χ4n) is 1.01. The van der Waals surface area contributed by atoms with Crippen LogP contribution in [0.15, 0.2) is 29.2 Å². The topological polar surface area (TPSA) is 66.4 Å². The summed E-state index contributed by atoms with van der Waals surface area (Å²) in [5.74, 6) is 0. The summed E-state index contributed by atoms with van der Waals surface area (Å²) in [6, 6.07) is 6.15. The van der Waals surface area contributed by atoms with E-state index < -0.39 is 15.6 Å². The summed E-state index contributed by atoms with van der Waals surface area (Å²) in [7, 11) is -3.67. The molecule has 2 N–H and O–H groups in total. The normalized spacial score (nSPS) is 12.8. The third-order valence-electron chi connectivity index (χ3n) is 1.82. The predicted molar refractivity (Wildman–Crippen MR) is 62.9 cm³/mol. The first-order valence-corrected chi connectivity index (χ1v) is 6.55. The monoisotopic (exact) mass is 263 g/mol. The molecular weight excluding hydrogens is 250 g/mol. The molecule has 1 aromatic rings. The van der Waals surface area contributed by atoms with E-state index in [0.29, 0.717) is 0 Å². The number of sulfonamides is 1. The van der Waals surface area contributed by atoms with Crippen LogP contribution in [0.4, 0.5) is 0 Å². The molecular formula is C10H14ClNO3S. The predicted octanol–water partition coefficient (Wildman–Crippen LogP) is 1.39. The average molecular weight is 264 g/mol. The molecule has 0 spiro atoms. The van der Waals surface area contributed by atoms with Gasteiger partial charge in [0.05, 0.1) is 10.6 Å². The Balaban J connectivity index is 2.92. The second-order valence-electron chi connectivity index (χ2n) is 4.07. The van der Waals surface area contributed by atoms with Gasteiger partial charge in [-0.05, 0) is 26.0 Å². The minimum absolute atomic E-state index is 0.0147. The molecule has 0 radical (unpaired) electrons. The van der Waals surface area contributed by atoms with Crippen LogP contribution >= 0.6 is 11.6 Å². The van der Waals surface area contributed by atoms with Gasteiger partial charge in [-0.25, -0.2) is 13.1 Å². The standard InChI is InChI=1S/C10H14ClNO3S/c1-10(2,13)7-12-16(14,15)9-6-4-3-5-8(9)11/h3-6,12-13H,7H2,1-2H3. The number of hydrogen-bond donors (Lipinski definition) is 2. The molecule has 0 unspecified atom stereocenters. The molecule has 0 bridgehead atoms. The smallest absolute Gasteiger partial charge is 0.242 e. The summed E-state index contributed by atoms with van der Waals surface area (Å²) in [5.41, 5.74) is -1.10. The molecule has 90 valence electrons. The highest BCUT2D eigenvalue weighted by atomic mass is 35.5. The molecule has 0 saturated carbocycles. The molecule has 0 heterocycles. The number of aliphatic hydroxyl groups is 1. The molecule has 0 saturated heterocycles. The van der Waals surface area contributed by atoms with Crippen LogP contribution in [0, 0.1) is 0 Å². The lowest BCUT2D eigenvalue weighted by molar-refractivity contribution is 0.0857. The second kappa shape index (κ2) is 4.71. The average Bonchev–Trinajstić information content (AvgIpc) is 2.14. The van der Waals surface area contributed by atoms with E-state index in [1.54, 1.807) is 12.1 Å². The van der Waals surface area contributed by atoms with Crippen molar-refractivity contribution in [3.05, 3.63) is 29.3 Å². The van der Waals surface area contributed by atoms with Crippen molar-refractivity contribution < 1.29 is 13.5 Å². The Morgan fingerprint density at radius 3 is 2.44 bits per heavy atom. The Bertz CT molecular complexity index is 465. The van der Waals surface area contributed by atoms with Crippen LogP contribution in [0.2, 0.25) is 5.02 Å². The second-order valence-corrected chi connectivity index (χ2v) is 6.21. The van der Waals surface area contributed by atoms with E-state index in [-0.39, 0.29) is 16.5 Å². The lowest BCUT2D eigenvalue weighted by atomic mass is 10.1. The van der Waals surface area contributed by atoms with Crippen molar-refractivity contribution in [2.24, 2.45) is 0 Å². The maximum atomic E-state index is 11.8. The van der Waals surface area contributed by atoms with Gasteiger partial charge in [0.25, 0.3) is 0 Å². The summed E-state index contributed by atoms with van der Waals surface area (Å²) in [6.45, 7) is 2.96. The van der Waals surface area contributed by atoms with Gasteiger partial charge in [0.15, 0.2) is 0 Å². The maximum Gasteiger partial charge on any atom is 0.242 e. The highest BCUT2D eigenvalue weighted by molar-refractivity contribution is 7.89. The third kappa shape index (κ3) is 3.75. The van der Waals surface area contributed by atoms with Crippen LogP contribution in [0.3, 0.4) is 0 Å². The first kappa shape index (κ1) is 13.4. The van der Waals surface area contributed by atoms with Crippen molar-refractivity contribution in [3.8, 4) is 0 Å². The van der Waals surface area contributed by atoms with Crippen molar-refractivity contribution in [1.29, 1.82) is 0 Å². The summed E-state index contributed by atoms with van der Waals surface area (Å²) < 4.78 is 25.9. The molecule has 0 aliphatic heterocycles. The fourth-order valence-corrected chi connectivity index (χ4v) is 2.73. The molecule has 0 amide bonds. The fraction of sp³-hybridized carbons (Fsp3) is 0.400. The number of nitrogens with one attached hydrogen (secondary N) is 1. The number of hydrogen-bond acceptors (Lipinski definition) is 3. The Hall–Kier alpha value is -0.620. The minimum atomic E-state index is -3.67. The SMILES string of the molecule is CC(C)(O)CNS(=O)(=O)c1ccccc1Cl. The molecule has 1 rings (SSSR count). The molecule has 0 aromatic heterocycles. The molecule has 4 nitrogen and oxygen atoms in total. The third-order valence-corrected chi connectivity index (χ3v) is 3.72. The van der Waals surface area contributed by atoms with E-state index in [2.05, 4.69) is 4.72 Å². The summed E-state index contributed by atoms with van der Waals surface area (Å²) in [5, 5.41) is 9.60. The van der Waals surface area contributed by atoms with E-state index >= 15 is 0 Å². The lowest BCUT2D eigenvalue weighted by Gasteiger charge is -2.17. The van der Waals surface area contributed by atoms with Crippen molar-refractivity contribution in [1.82, 2.24) is 4.72 Å². The zero-order valence-electron chi connectivity index (χ0n) is 9.07.